The highest BCUT2D eigenvalue weighted by atomic mass is 16.6. The van der Waals surface area contributed by atoms with Gasteiger partial charge >= 0.3 is 11.9 Å². The Labute approximate surface area is 137 Å². The number of hydrogen-bond donors (Lipinski definition) is 1. The van der Waals surface area contributed by atoms with E-state index in [9.17, 15) is 14.7 Å². The molecule has 0 unspecified atom stereocenters. The molecule has 1 rings (SSSR count). The van der Waals surface area contributed by atoms with Gasteiger partial charge in [0.25, 0.3) is 0 Å². The summed E-state index contributed by atoms with van der Waals surface area (Å²) in [5.41, 5.74) is -1.96. The molecule has 0 aliphatic rings. The number of carboxylic acids is 1. The van der Waals surface area contributed by atoms with Gasteiger partial charge in [-0.3, -0.25) is 4.79 Å². The summed E-state index contributed by atoms with van der Waals surface area (Å²) in [6.45, 7) is 7.48. The Hall–Kier alpha value is -1.88. The van der Waals surface area contributed by atoms with Crippen molar-refractivity contribution in [3.05, 3.63) is 35.9 Å². The van der Waals surface area contributed by atoms with Crippen molar-refractivity contribution in [2.45, 2.75) is 58.2 Å². The maximum absolute atomic E-state index is 12.2. The summed E-state index contributed by atoms with van der Waals surface area (Å²) in [6, 6.07) is 8.56. The minimum Gasteiger partial charge on any atom is -0.479 e. The molecule has 0 aromatic heterocycles. The molecule has 0 fully saturated rings. The highest BCUT2D eigenvalue weighted by Crippen LogP contribution is 2.32. The first kappa shape index (κ1) is 19.2. The topological polar surface area (TPSA) is 72.8 Å². The van der Waals surface area contributed by atoms with Crippen LogP contribution < -0.4 is 0 Å². The van der Waals surface area contributed by atoms with Crippen LogP contribution in [0.15, 0.2) is 30.3 Å². The van der Waals surface area contributed by atoms with E-state index in [-0.39, 0.29) is 13.0 Å². The highest BCUT2D eigenvalue weighted by molar-refractivity contribution is 5.86. The second-order valence-corrected chi connectivity index (χ2v) is 6.46. The van der Waals surface area contributed by atoms with Crippen LogP contribution in [-0.2, 0) is 24.7 Å². The fraction of sp³-hybridized carbons (Fsp3) is 0.556. The van der Waals surface area contributed by atoms with Crippen LogP contribution in [0.25, 0.3) is 0 Å². The summed E-state index contributed by atoms with van der Waals surface area (Å²) in [5.74, 6) is -1.79. The fourth-order valence-electron chi connectivity index (χ4n) is 2.18. The van der Waals surface area contributed by atoms with Gasteiger partial charge in [0.15, 0.2) is 0 Å². The van der Waals surface area contributed by atoms with E-state index in [1.807, 2.05) is 6.92 Å². The second-order valence-electron chi connectivity index (χ2n) is 6.46. The molecule has 0 saturated carbocycles. The van der Waals surface area contributed by atoms with Crippen molar-refractivity contribution in [3.8, 4) is 0 Å². The molecule has 0 bridgehead atoms. The molecule has 0 radical (unpaired) electrons. The number of ether oxygens (including phenoxy) is 2. The first-order valence-corrected chi connectivity index (χ1v) is 7.86. The summed E-state index contributed by atoms with van der Waals surface area (Å²) in [6.07, 6.45) is 1.22. The molecule has 128 valence electrons. The van der Waals surface area contributed by atoms with Crippen molar-refractivity contribution in [2.24, 2.45) is 0 Å². The van der Waals surface area contributed by atoms with Crippen molar-refractivity contribution in [1.82, 2.24) is 0 Å². The normalized spacial score (nSPS) is 14.1. The molecule has 1 N–H and O–H groups in total. The molecule has 23 heavy (non-hydrogen) atoms. The third-order valence-electron chi connectivity index (χ3n) is 3.25. The lowest BCUT2D eigenvalue weighted by Gasteiger charge is -2.31. The number of aliphatic carboxylic acids is 1. The molecule has 0 heterocycles. The molecule has 1 atom stereocenters. The van der Waals surface area contributed by atoms with Gasteiger partial charge in [0.05, 0.1) is 6.42 Å². The Morgan fingerprint density at radius 1 is 1.13 bits per heavy atom. The average Bonchev–Trinajstić information content (AvgIpc) is 2.45. The number of carbonyl (C=O) groups excluding carboxylic acids is 1. The number of carbonyl (C=O) groups is 2. The van der Waals surface area contributed by atoms with Gasteiger partial charge in [-0.05, 0) is 32.8 Å². The zero-order chi connectivity index (χ0) is 17.5. The lowest BCUT2D eigenvalue weighted by atomic mass is 9.90. The Morgan fingerprint density at radius 3 is 2.22 bits per heavy atom. The Balaban J connectivity index is 3.12. The van der Waals surface area contributed by atoms with Crippen LogP contribution in [0.1, 0.15) is 52.5 Å². The van der Waals surface area contributed by atoms with Crippen LogP contribution in [0.5, 0.6) is 0 Å². The number of benzene rings is 1. The molecule has 5 nitrogen and oxygen atoms in total. The fourth-order valence-corrected chi connectivity index (χ4v) is 2.18. The molecule has 0 aliphatic heterocycles. The van der Waals surface area contributed by atoms with Crippen LogP contribution in [0, 0.1) is 0 Å². The minimum atomic E-state index is -1.72. The van der Waals surface area contributed by atoms with Crippen molar-refractivity contribution < 1.29 is 24.2 Å². The van der Waals surface area contributed by atoms with Crippen LogP contribution in [0.3, 0.4) is 0 Å². The number of unbranched alkanes of at least 4 members (excludes halogenated alkanes) is 1. The molecule has 0 saturated heterocycles. The van der Waals surface area contributed by atoms with Crippen LogP contribution in [-0.4, -0.2) is 29.3 Å². The third-order valence-corrected chi connectivity index (χ3v) is 3.25. The molecule has 5 heteroatoms. The van der Waals surface area contributed by atoms with E-state index in [2.05, 4.69) is 0 Å². The number of esters is 1. The van der Waals surface area contributed by atoms with Gasteiger partial charge in [-0.15, -0.1) is 0 Å². The van der Waals surface area contributed by atoms with Gasteiger partial charge in [-0.2, -0.15) is 0 Å². The minimum absolute atomic E-state index is 0.264. The van der Waals surface area contributed by atoms with Crippen LogP contribution in [0.4, 0.5) is 0 Å². The van der Waals surface area contributed by atoms with E-state index in [4.69, 9.17) is 9.47 Å². The molecule has 1 aromatic rings. The van der Waals surface area contributed by atoms with Gasteiger partial charge in [0.2, 0.25) is 5.60 Å². The van der Waals surface area contributed by atoms with Gasteiger partial charge < -0.3 is 14.6 Å². The van der Waals surface area contributed by atoms with Crippen molar-refractivity contribution in [1.29, 1.82) is 0 Å². The number of rotatable bonds is 8. The molecular weight excluding hydrogens is 296 g/mol. The SMILES string of the molecule is CCCCO[C@@](CC(=O)OC(C)(C)C)(C(=O)O)c1ccccc1. The quantitative estimate of drug-likeness (QED) is 0.585. The van der Waals surface area contributed by atoms with E-state index in [0.717, 1.165) is 12.8 Å². The average molecular weight is 322 g/mol. The molecular formula is C18H26O5. The summed E-state index contributed by atoms with van der Waals surface area (Å²) in [4.78, 5) is 24.2. The molecule has 0 amide bonds. The summed E-state index contributed by atoms with van der Waals surface area (Å²) >= 11 is 0. The van der Waals surface area contributed by atoms with E-state index in [0.29, 0.717) is 5.56 Å². The second kappa shape index (κ2) is 8.11. The van der Waals surface area contributed by atoms with E-state index < -0.39 is 23.1 Å². The standard InChI is InChI=1S/C18H26O5/c1-5-6-12-22-18(16(20)21,14-10-8-7-9-11-14)13-15(19)23-17(2,3)4/h7-11H,5-6,12-13H2,1-4H3,(H,20,21)/t18-/m1/s1. The van der Waals surface area contributed by atoms with E-state index >= 15 is 0 Å². The van der Waals surface area contributed by atoms with Gasteiger partial charge in [0, 0.05) is 6.61 Å². The van der Waals surface area contributed by atoms with Crippen molar-refractivity contribution in [3.63, 3.8) is 0 Å². The zero-order valence-electron chi connectivity index (χ0n) is 14.3. The summed E-state index contributed by atoms with van der Waals surface area (Å²) in [7, 11) is 0. The predicted octanol–water partition coefficient (Wildman–Crippen LogP) is 3.52. The molecule has 1 aromatic carbocycles. The third kappa shape index (κ3) is 5.67. The van der Waals surface area contributed by atoms with Crippen LogP contribution in [0.2, 0.25) is 0 Å². The predicted molar refractivity (Wildman–Crippen MR) is 87.1 cm³/mol. The summed E-state index contributed by atoms with van der Waals surface area (Å²) < 4.78 is 11.0. The maximum atomic E-state index is 12.2. The van der Waals surface area contributed by atoms with E-state index in [1.54, 1.807) is 51.1 Å². The van der Waals surface area contributed by atoms with Crippen LogP contribution >= 0.6 is 0 Å². The highest BCUT2D eigenvalue weighted by Gasteiger charge is 2.44. The lowest BCUT2D eigenvalue weighted by Crippen LogP contribution is -2.42. The first-order valence-electron chi connectivity index (χ1n) is 7.86. The monoisotopic (exact) mass is 322 g/mol. The van der Waals surface area contributed by atoms with Gasteiger partial charge in [0.1, 0.15) is 5.60 Å². The Bertz CT molecular complexity index is 518. The lowest BCUT2D eigenvalue weighted by molar-refractivity contribution is -0.181. The molecule has 0 spiro atoms. The number of carboxylic acid groups (broad SMARTS) is 1. The summed E-state index contributed by atoms with van der Waals surface area (Å²) in [5, 5.41) is 9.79. The first-order chi connectivity index (χ1) is 10.7. The van der Waals surface area contributed by atoms with Gasteiger partial charge in [-0.1, -0.05) is 43.7 Å². The zero-order valence-corrected chi connectivity index (χ0v) is 14.3. The Morgan fingerprint density at radius 2 is 1.74 bits per heavy atom. The van der Waals surface area contributed by atoms with E-state index in [1.165, 1.54) is 0 Å². The smallest absolute Gasteiger partial charge is 0.341 e. The van der Waals surface area contributed by atoms with Crippen molar-refractivity contribution >= 4 is 11.9 Å². The molecule has 0 aliphatic carbocycles. The number of hydrogen-bond acceptors (Lipinski definition) is 4. The van der Waals surface area contributed by atoms with Gasteiger partial charge in [-0.25, -0.2) is 4.79 Å². The largest absolute Gasteiger partial charge is 0.479 e. The maximum Gasteiger partial charge on any atom is 0.341 e. The Kier molecular flexibility index (Phi) is 6.76. The van der Waals surface area contributed by atoms with Crippen molar-refractivity contribution in [2.75, 3.05) is 6.61 Å².